The van der Waals surface area contributed by atoms with Crippen molar-refractivity contribution >= 4 is 5.97 Å². The molecule has 1 N–H and O–H groups in total. The van der Waals surface area contributed by atoms with E-state index in [2.05, 4.69) is 4.90 Å². The summed E-state index contributed by atoms with van der Waals surface area (Å²) >= 11 is 0. The molecular weight excluding hydrogens is 222 g/mol. The van der Waals surface area contributed by atoms with Crippen LogP contribution in [-0.2, 0) is 14.3 Å². The van der Waals surface area contributed by atoms with Gasteiger partial charge in [0.15, 0.2) is 6.10 Å². The fourth-order valence-electron chi connectivity index (χ4n) is 2.25. The molecule has 1 heterocycles. The standard InChI is InChI=1S/C12H23NO4/c1-4-16-11(12(14)15)5-6-13-7-9(2)17-10(3)8-13/h9-11H,4-8H2,1-3H3,(H,14,15)/t9-,10+,11?. The second kappa shape index (κ2) is 6.93. The van der Waals surface area contributed by atoms with Crippen LogP contribution in [0.25, 0.3) is 0 Å². The van der Waals surface area contributed by atoms with Crippen LogP contribution in [0.1, 0.15) is 27.2 Å². The second-order valence-electron chi connectivity index (χ2n) is 4.59. The summed E-state index contributed by atoms with van der Waals surface area (Å²) in [6.45, 7) is 8.81. The number of hydrogen-bond donors (Lipinski definition) is 1. The first kappa shape index (κ1) is 14.4. The Bertz CT molecular complexity index is 237. The van der Waals surface area contributed by atoms with Crippen LogP contribution in [0.15, 0.2) is 0 Å². The number of hydrogen-bond acceptors (Lipinski definition) is 4. The number of carbonyl (C=O) groups is 1. The molecule has 0 radical (unpaired) electrons. The third kappa shape index (κ3) is 5.02. The minimum absolute atomic E-state index is 0.217. The monoisotopic (exact) mass is 245 g/mol. The number of carboxylic acids is 1. The topological polar surface area (TPSA) is 59.0 Å². The van der Waals surface area contributed by atoms with Gasteiger partial charge in [-0.25, -0.2) is 4.79 Å². The van der Waals surface area contributed by atoms with E-state index >= 15 is 0 Å². The fourth-order valence-corrected chi connectivity index (χ4v) is 2.25. The average molecular weight is 245 g/mol. The van der Waals surface area contributed by atoms with Crippen molar-refractivity contribution in [2.45, 2.75) is 45.5 Å². The van der Waals surface area contributed by atoms with Crippen LogP contribution in [-0.4, -0.2) is 60.5 Å². The normalized spacial score (nSPS) is 27.9. The molecule has 0 spiro atoms. The summed E-state index contributed by atoms with van der Waals surface area (Å²) < 4.78 is 10.8. The molecular formula is C12H23NO4. The van der Waals surface area contributed by atoms with Gasteiger partial charge in [-0.3, -0.25) is 4.90 Å². The SMILES string of the molecule is CCOC(CCN1C[C@@H](C)O[C@@H](C)C1)C(=O)O. The second-order valence-corrected chi connectivity index (χ2v) is 4.59. The summed E-state index contributed by atoms with van der Waals surface area (Å²) in [7, 11) is 0. The lowest BCUT2D eigenvalue weighted by Gasteiger charge is -2.35. The van der Waals surface area contributed by atoms with Gasteiger partial charge in [0.2, 0.25) is 0 Å². The van der Waals surface area contributed by atoms with E-state index in [0.29, 0.717) is 13.0 Å². The number of aliphatic carboxylic acids is 1. The molecule has 1 aliphatic heterocycles. The van der Waals surface area contributed by atoms with Crippen LogP contribution in [0.2, 0.25) is 0 Å². The third-order valence-electron chi connectivity index (χ3n) is 2.85. The minimum atomic E-state index is -0.874. The van der Waals surface area contributed by atoms with Gasteiger partial charge in [-0.05, 0) is 27.2 Å². The highest BCUT2D eigenvalue weighted by molar-refractivity contribution is 5.72. The highest BCUT2D eigenvalue weighted by Gasteiger charge is 2.24. The van der Waals surface area contributed by atoms with E-state index in [0.717, 1.165) is 19.6 Å². The molecule has 0 aromatic carbocycles. The van der Waals surface area contributed by atoms with E-state index in [1.54, 1.807) is 0 Å². The van der Waals surface area contributed by atoms with Gasteiger partial charge in [-0.1, -0.05) is 0 Å². The van der Waals surface area contributed by atoms with Crippen molar-refractivity contribution in [1.29, 1.82) is 0 Å². The van der Waals surface area contributed by atoms with Crippen LogP contribution in [0, 0.1) is 0 Å². The van der Waals surface area contributed by atoms with Crippen molar-refractivity contribution < 1.29 is 19.4 Å². The van der Waals surface area contributed by atoms with Crippen molar-refractivity contribution in [3.8, 4) is 0 Å². The van der Waals surface area contributed by atoms with Gasteiger partial charge in [-0.2, -0.15) is 0 Å². The summed E-state index contributed by atoms with van der Waals surface area (Å²) in [4.78, 5) is 13.2. The Morgan fingerprint density at radius 1 is 1.47 bits per heavy atom. The summed E-state index contributed by atoms with van der Waals surface area (Å²) in [5.41, 5.74) is 0. The summed E-state index contributed by atoms with van der Waals surface area (Å²) in [5.74, 6) is -0.874. The lowest BCUT2D eigenvalue weighted by Crippen LogP contribution is -2.46. The van der Waals surface area contributed by atoms with Crippen molar-refractivity contribution in [1.82, 2.24) is 4.90 Å². The van der Waals surface area contributed by atoms with E-state index in [-0.39, 0.29) is 12.2 Å². The Balaban J connectivity index is 2.35. The lowest BCUT2D eigenvalue weighted by atomic mass is 10.2. The van der Waals surface area contributed by atoms with Crippen LogP contribution in [0.5, 0.6) is 0 Å². The van der Waals surface area contributed by atoms with Crippen molar-refractivity contribution in [2.75, 3.05) is 26.2 Å². The first-order valence-electron chi connectivity index (χ1n) is 6.25. The number of rotatable bonds is 6. The molecule has 0 aromatic rings. The first-order chi connectivity index (χ1) is 8.02. The molecule has 5 nitrogen and oxygen atoms in total. The molecule has 5 heteroatoms. The van der Waals surface area contributed by atoms with Crippen molar-refractivity contribution in [2.24, 2.45) is 0 Å². The van der Waals surface area contributed by atoms with Gasteiger partial charge in [-0.15, -0.1) is 0 Å². The van der Waals surface area contributed by atoms with Crippen LogP contribution in [0.3, 0.4) is 0 Å². The Morgan fingerprint density at radius 2 is 2.06 bits per heavy atom. The molecule has 3 atom stereocenters. The smallest absolute Gasteiger partial charge is 0.332 e. The molecule has 1 saturated heterocycles. The maximum atomic E-state index is 10.9. The van der Waals surface area contributed by atoms with E-state index < -0.39 is 12.1 Å². The van der Waals surface area contributed by atoms with E-state index in [1.807, 2.05) is 20.8 Å². The summed E-state index contributed by atoms with van der Waals surface area (Å²) in [6.07, 6.45) is 0.277. The number of ether oxygens (including phenoxy) is 2. The first-order valence-corrected chi connectivity index (χ1v) is 6.25. The zero-order chi connectivity index (χ0) is 12.8. The largest absolute Gasteiger partial charge is 0.479 e. The van der Waals surface area contributed by atoms with Crippen LogP contribution >= 0.6 is 0 Å². The molecule has 1 unspecified atom stereocenters. The third-order valence-corrected chi connectivity index (χ3v) is 2.85. The van der Waals surface area contributed by atoms with Gasteiger partial charge in [0.05, 0.1) is 12.2 Å². The minimum Gasteiger partial charge on any atom is -0.479 e. The summed E-state index contributed by atoms with van der Waals surface area (Å²) in [5, 5.41) is 8.97. The van der Waals surface area contributed by atoms with Crippen molar-refractivity contribution in [3.05, 3.63) is 0 Å². The Morgan fingerprint density at radius 3 is 2.53 bits per heavy atom. The Labute approximate surface area is 103 Å². The highest BCUT2D eigenvalue weighted by atomic mass is 16.5. The number of nitrogens with zero attached hydrogens (tertiary/aromatic N) is 1. The van der Waals surface area contributed by atoms with Crippen LogP contribution in [0.4, 0.5) is 0 Å². The maximum absolute atomic E-state index is 10.9. The van der Waals surface area contributed by atoms with E-state index in [4.69, 9.17) is 14.6 Å². The average Bonchev–Trinajstić information content (AvgIpc) is 2.22. The van der Waals surface area contributed by atoms with Gasteiger partial charge in [0.1, 0.15) is 0 Å². The van der Waals surface area contributed by atoms with Crippen LogP contribution < -0.4 is 0 Å². The molecule has 0 amide bonds. The molecule has 0 aliphatic carbocycles. The van der Waals surface area contributed by atoms with E-state index in [9.17, 15) is 4.79 Å². The zero-order valence-electron chi connectivity index (χ0n) is 10.9. The number of carboxylic acid groups (broad SMARTS) is 1. The zero-order valence-corrected chi connectivity index (χ0v) is 10.9. The maximum Gasteiger partial charge on any atom is 0.332 e. The van der Waals surface area contributed by atoms with Gasteiger partial charge in [0, 0.05) is 26.2 Å². The molecule has 0 aromatic heterocycles. The van der Waals surface area contributed by atoms with Gasteiger partial charge < -0.3 is 14.6 Å². The van der Waals surface area contributed by atoms with Gasteiger partial charge >= 0.3 is 5.97 Å². The number of morpholine rings is 1. The molecule has 1 fully saturated rings. The summed E-state index contributed by atoms with van der Waals surface area (Å²) in [6, 6.07) is 0. The highest BCUT2D eigenvalue weighted by Crippen LogP contribution is 2.12. The predicted octanol–water partition coefficient (Wildman–Crippen LogP) is 0.975. The van der Waals surface area contributed by atoms with Gasteiger partial charge in [0.25, 0.3) is 0 Å². The Kier molecular flexibility index (Phi) is 5.88. The molecule has 0 bridgehead atoms. The fraction of sp³-hybridized carbons (Fsp3) is 0.917. The van der Waals surface area contributed by atoms with Crippen molar-refractivity contribution in [3.63, 3.8) is 0 Å². The Hall–Kier alpha value is -0.650. The molecule has 17 heavy (non-hydrogen) atoms. The molecule has 0 saturated carbocycles. The van der Waals surface area contributed by atoms with E-state index in [1.165, 1.54) is 0 Å². The lowest BCUT2D eigenvalue weighted by molar-refractivity contribution is -0.151. The quantitative estimate of drug-likeness (QED) is 0.755. The molecule has 1 aliphatic rings. The molecule has 100 valence electrons. The predicted molar refractivity (Wildman–Crippen MR) is 64.1 cm³/mol. The molecule has 1 rings (SSSR count).